The summed E-state index contributed by atoms with van der Waals surface area (Å²) in [7, 11) is 0. The lowest BCUT2D eigenvalue weighted by Gasteiger charge is -2.24. The number of carbonyl (C=O) groups excluding carboxylic acids is 2. The molecule has 1 atom stereocenters. The summed E-state index contributed by atoms with van der Waals surface area (Å²) in [5.74, 6) is 0.367. The highest BCUT2D eigenvalue weighted by molar-refractivity contribution is 8.00. The van der Waals surface area contributed by atoms with Crippen molar-refractivity contribution in [1.82, 2.24) is 0 Å². The highest BCUT2D eigenvalue weighted by Gasteiger charge is 2.33. The summed E-state index contributed by atoms with van der Waals surface area (Å²) in [5.41, 5.74) is 4.92. The molecule has 0 spiro atoms. The minimum atomic E-state index is -0.197. The summed E-state index contributed by atoms with van der Waals surface area (Å²) < 4.78 is 5.49. The van der Waals surface area contributed by atoms with Crippen molar-refractivity contribution in [3.8, 4) is 0 Å². The van der Waals surface area contributed by atoms with Crippen LogP contribution in [0.2, 0.25) is 0 Å². The van der Waals surface area contributed by atoms with E-state index >= 15 is 0 Å². The number of amides is 2. The van der Waals surface area contributed by atoms with Crippen molar-refractivity contribution in [2.24, 2.45) is 0 Å². The number of aryl methyl sites for hydroxylation is 1. The molecule has 1 fully saturated rings. The van der Waals surface area contributed by atoms with E-state index in [4.69, 9.17) is 4.74 Å². The van der Waals surface area contributed by atoms with Gasteiger partial charge in [0.15, 0.2) is 0 Å². The standard InChI is InChI=1S/C26H26N2O3S/c1-2-19-8-14-23(15-9-19)28-25(30)18-32-26(28)21-10-12-22(13-11-21)27-24(29)17-31-16-20-6-4-3-5-7-20/h3-15,26H,2,16-18H2,1H3,(H,27,29)/t26-/m1/s1. The summed E-state index contributed by atoms with van der Waals surface area (Å²) in [6.07, 6.45) is 0.969. The molecule has 0 bridgehead atoms. The van der Waals surface area contributed by atoms with Crippen LogP contribution in [-0.4, -0.2) is 24.2 Å². The molecule has 0 aromatic heterocycles. The number of ether oxygens (including phenoxy) is 1. The third-order valence-corrected chi connectivity index (χ3v) is 6.53. The zero-order chi connectivity index (χ0) is 22.3. The molecule has 1 aliphatic heterocycles. The number of benzene rings is 3. The van der Waals surface area contributed by atoms with Gasteiger partial charge in [0.25, 0.3) is 0 Å². The van der Waals surface area contributed by atoms with E-state index in [0.29, 0.717) is 18.0 Å². The third kappa shape index (κ3) is 5.39. The maximum absolute atomic E-state index is 12.6. The van der Waals surface area contributed by atoms with Gasteiger partial charge >= 0.3 is 0 Å². The Kier molecular flexibility index (Phi) is 7.24. The Labute approximate surface area is 192 Å². The van der Waals surface area contributed by atoms with Crippen molar-refractivity contribution in [3.05, 3.63) is 95.6 Å². The fourth-order valence-electron chi connectivity index (χ4n) is 3.61. The predicted octanol–water partition coefficient (Wildman–Crippen LogP) is 5.18. The molecule has 1 heterocycles. The molecule has 2 amide bonds. The SMILES string of the molecule is CCc1ccc(N2C(=O)CS[C@@H]2c2ccc(NC(=O)COCc3ccccc3)cc2)cc1. The highest BCUT2D eigenvalue weighted by Crippen LogP contribution is 2.42. The van der Waals surface area contributed by atoms with Gasteiger partial charge in [-0.05, 0) is 47.4 Å². The number of nitrogens with zero attached hydrogens (tertiary/aromatic N) is 1. The summed E-state index contributed by atoms with van der Waals surface area (Å²) in [4.78, 5) is 26.6. The number of anilines is 2. The van der Waals surface area contributed by atoms with E-state index in [1.807, 2.05) is 71.6 Å². The van der Waals surface area contributed by atoms with Crippen LogP contribution in [0.3, 0.4) is 0 Å². The lowest BCUT2D eigenvalue weighted by atomic mass is 10.1. The minimum absolute atomic E-state index is 0.00877. The predicted molar refractivity (Wildman–Crippen MR) is 130 cm³/mol. The molecule has 0 unspecified atom stereocenters. The van der Waals surface area contributed by atoms with Gasteiger partial charge in [0, 0.05) is 11.4 Å². The average molecular weight is 447 g/mol. The zero-order valence-electron chi connectivity index (χ0n) is 18.0. The number of nitrogens with one attached hydrogen (secondary N) is 1. The van der Waals surface area contributed by atoms with Gasteiger partial charge < -0.3 is 10.1 Å². The molecule has 32 heavy (non-hydrogen) atoms. The molecule has 4 rings (SSSR count). The quantitative estimate of drug-likeness (QED) is 0.518. The highest BCUT2D eigenvalue weighted by atomic mass is 32.2. The second-order valence-electron chi connectivity index (χ2n) is 7.60. The summed E-state index contributed by atoms with van der Waals surface area (Å²) in [5, 5.41) is 2.78. The van der Waals surface area contributed by atoms with Crippen LogP contribution >= 0.6 is 11.8 Å². The topological polar surface area (TPSA) is 58.6 Å². The number of carbonyl (C=O) groups is 2. The van der Waals surface area contributed by atoms with Gasteiger partial charge in [0.1, 0.15) is 12.0 Å². The fraction of sp³-hybridized carbons (Fsp3) is 0.231. The maximum Gasteiger partial charge on any atom is 0.250 e. The van der Waals surface area contributed by atoms with E-state index in [0.717, 1.165) is 23.2 Å². The molecule has 3 aromatic carbocycles. The molecule has 6 heteroatoms. The first kappa shape index (κ1) is 22.1. The Morgan fingerprint density at radius 3 is 2.41 bits per heavy atom. The van der Waals surface area contributed by atoms with Gasteiger partial charge in [-0.25, -0.2) is 0 Å². The monoisotopic (exact) mass is 446 g/mol. The van der Waals surface area contributed by atoms with Crippen molar-refractivity contribution in [2.45, 2.75) is 25.3 Å². The summed E-state index contributed by atoms with van der Waals surface area (Å²) >= 11 is 1.61. The lowest BCUT2D eigenvalue weighted by Crippen LogP contribution is -2.27. The van der Waals surface area contributed by atoms with E-state index in [9.17, 15) is 9.59 Å². The first-order valence-corrected chi connectivity index (χ1v) is 11.7. The molecule has 3 aromatic rings. The molecule has 1 aliphatic rings. The number of thioether (sulfide) groups is 1. The van der Waals surface area contributed by atoms with Crippen LogP contribution in [0.15, 0.2) is 78.9 Å². The first-order valence-electron chi connectivity index (χ1n) is 10.7. The molecular weight excluding hydrogens is 420 g/mol. The Balaban J connectivity index is 1.35. The van der Waals surface area contributed by atoms with Crippen LogP contribution in [-0.2, 0) is 27.4 Å². The second-order valence-corrected chi connectivity index (χ2v) is 8.66. The Bertz CT molecular complexity index is 1050. The van der Waals surface area contributed by atoms with Crippen LogP contribution in [0.1, 0.15) is 29.0 Å². The summed E-state index contributed by atoms with van der Waals surface area (Å²) in [6.45, 7) is 2.50. The molecular formula is C26H26N2O3S. The Morgan fingerprint density at radius 2 is 1.72 bits per heavy atom. The molecule has 1 saturated heterocycles. The molecule has 1 N–H and O–H groups in total. The van der Waals surface area contributed by atoms with E-state index in [-0.39, 0.29) is 23.8 Å². The average Bonchev–Trinajstić information content (AvgIpc) is 3.21. The van der Waals surface area contributed by atoms with Crippen LogP contribution in [0.25, 0.3) is 0 Å². The molecule has 0 aliphatic carbocycles. The number of rotatable bonds is 8. The van der Waals surface area contributed by atoms with E-state index < -0.39 is 0 Å². The second kappa shape index (κ2) is 10.5. The molecule has 0 radical (unpaired) electrons. The van der Waals surface area contributed by atoms with Gasteiger partial charge in [-0.15, -0.1) is 11.8 Å². The van der Waals surface area contributed by atoms with Gasteiger partial charge in [-0.3, -0.25) is 14.5 Å². The van der Waals surface area contributed by atoms with Crippen molar-refractivity contribution in [1.29, 1.82) is 0 Å². The largest absolute Gasteiger partial charge is 0.367 e. The van der Waals surface area contributed by atoms with Crippen LogP contribution in [0.4, 0.5) is 11.4 Å². The van der Waals surface area contributed by atoms with E-state index in [1.54, 1.807) is 11.8 Å². The smallest absolute Gasteiger partial charge is 0.250 e. The van der Waals surface area contributed by atoms with Crippen LogP contribution in [0.5, 0.6) is 0 Å². The molecule has 164 valence electrons. The maximum atomic E-state index is 12.6. The normalized spacial score (nSPS) is 15.7. The van der Waals surface area contributed by atoms with Gasteiger partial charge in [0.05, 0.1) is 12.4 Å². The first-order chi connectivity index (χ1) is 15.6. The van der Waals surface area contributed by atoms with E-state index in [1.165, 1.54) is 5.56 Å². The van der Waals surface area contributed by atoms with Crippen molar-refractivity contribution in [3.63, 3.8) is 0 Å². The Morgan fingerprint density at radius 1 is 1.00 bits per heavy atom. The molecule has 0 saturated carbocycles. The van der Waals surface area contributed by atoms with Gasteiger partial charge in [-0.1, -0.05) is 61.5 Å². The number of hydrogen-bond acceptors (Lipinski definition) is 4. The van der Waals surface area contributed by atoms with Crippen molar-refractivity contribution in [2.75, 3.05) is 22.6 Å². The lowest BCUT2D eigenvalue weighted by molar-refractivity contribution is -0.121. The van der Waals surface area contributed by atoms with Crippen LogP contribution in [0, 0.1) is 0 Å². The van der Waals surface area contributed by atoms with Crippen LogP contribution < -0.4 is 10.2 Å². The van der Waals surface area contributed by atoms with Crippen molar-refractivity contribution < 1.29 is 14.3 Å². The minimum Gasteiger partial charge on any atom is -0.367 e. The van der Waals surface area contributed by atoms with Gasteiger partial charge in [-0.2, -0.15) is 0 Å². The Hall–Kier alpha value is -3.09. The summed E-state index contributed by atoms with van der Waals surface area (Å²) in [6, 6.07) is 25.6. The third-order valence-electron chi connectivity index (χ3n) is 5.31. The molecule has 5 nitrogen and oxygen atoms in total. The number of hydrogen-bond donors (Lipinski definition) is 1. The fourth-order valence-corrected chi connectivity index (χ4v) is 4.78. The zero-order valence-corrected chi connectivity index (χ0v) is 18.8. The van der Waals surface area contributed by atoms with Gasteiger partial charge in [0.2, 0.25) is 11.8 Å². The van der Waals surface area contributed by atoms with Crippen molar-refractivity contribution >= 4 is 35.0 Å². The van der Waals surface area contributed by atoms with E-state index in [2.05, 4.69) is 24.4 Å².